The Morgan fingerprint density at radius 2 is 1.74 bits per heavy atom. The zero-order valence-electron chi connectivity index (χ0n) is 14.9. The van der Waals surface area contributed by atoms with Crippen molar-refractivity contribution in [3.63, 3.8) is 0 Å². The fourth-order valence-electron chi connectivity index (χ4n) is 3.39. The van der Waals surface area contributed by atoms with Gasteiger partial charge in [-0.2, -0.15) is 0 Å². The molecular formula is C19H21F2NO4S. The maximum Gasteiger partial charge on any atom is 0.240 e. The standard InChI is InChI=1S/C19H21F2NO4S/c1-25-18-5-3-2-4-17(18)19(6-8-26-9-7-19)13-22-27(23,24)16-11-14(20)10-15(21)12-16/h2-5,10-12,22H,6-9,13H2,1H3. The molecule has 146 valence electrons. The number of benzene rings is 2. The Kier molecular flexibility index (Phi) is 5.78. The summed E-state index contributed by atoms with van der Waals surface area (Å²) in [4.78, 5) is -0.442. The van der Waals surface area contributed by atoms with Crippen LogP contribution in [0.5, 0.6) is 5.75 Å². The van der Waals surface area contributed by atoms with Gasteiger partial charge in [0, 0.05) is 36.8 Å². The highest BCUT2D eigenvalue weighted by Gasteiger charge is 2.38. The molecule has 0 atom stereocenters. The predicted molar refractivity (Wildman–Crippen MR) is 96.3 cm³/mol. The summed E-state index contributed by atoms with van der Waals surface area (Å²) in [5.41, 5.74) is 0.341. The molecular weight excluding hydrogens is 376 g/mol. The van der Waals surface area contributed by atoms with Crippen LogP contribution < -0.4 is 9.46 Å². The first-order valence-electron chi connectivity index (χ1n) is 8.53. The molecule has 0 unspecified atom stereocenters. The lowest BCUT2D eigenvalue weighted by atomic mass is 9.74. The van der Waals surface area contributed by atoms with E-state index in [0.717, 1.165) is 17.7 Å². The fourth-order valence-corrected chi connectivity index (χ4v) is 4.55. The molecule has 3 rings (SSSR count). The SMILES string of the molecule is COc1ccccc1C1(CNS(=O)(=O)c2cc(F)cc(F)c2)CCOCC1. The average Bonchev–Trinajstić information content (AvgIpc) is 2.66. The summed E-state index contributed by atoms with van der Waals surface area (Å²) in [6.45, 7) is 1.03. The number of methoxy groups -OCH3 is 1. The van der Waals surface area contributed by atoms with Gasteiger partial charge in [-0.15, -0.1) is 0 Å². The molecule has 1 N–H and O–H groups in total. The van der Waals surface area contributed by atoms with Crippen LogP contribution in [0.3, 0.4) is 0 Å². The van der Waals surface area contributed by atoms with Gasteiger partial charge in [0.15, 0.2) is 0 Å². The molecule has 1 fully saturated rings. The van der Waals surface area contributed by atoms with Crippen LogP contribution in [0.2, 0.25) is 0 Å². The Bertz CT molecular complexity index is 891. The number of sulfonamides is 1. The van der Waals surface area contributed by atoms with E-state index in [4.69, 9.17) is 9.47 Å². The van der Waals surface area contributed by atoms with E-state index in [1.165, 1.54) is 0 Å². The van der Waals surface area contributed by atoms with E-state index < -0.39 is 32.0 Å². The van der Waals surface area contributed by atoms with Gasteiger partial charge < -0.3 is 9.47 Å². The van der Waals surface area contributed by atoms with Crippen molar-refractivity contribution in [2.75, 3.05) is 26.9 Å². The molecule has 0 bridgehead atoms. The quantitative estimate of drug-likeness (QED) is 0.814. The summed E-state index contributed by atoms with van der Waals surface area (Å²) in [7, 11) is -2.52. The monoisotopic (exact) mass is 397 g/mol. The summed E-state index contributed by atoms with van der Waals surface area (Å²) >= 11 is 0. The van der Waals surface area contributed by atoms with Crippen LogP contribution in [0, 0.1) is 11.6 Å². The smallest absolute Gasteiger partial charge is 0.240 e. The molecule has 27 heavy (non-hydrogen) atoms. The molecule has 0 radical (unpaired) electrons. The third-order valence-electron chi connectivity index (χ3n) is 4.88. The third-order valence-corrected chi connectivity index (χ3v) is 6.26. The number of ether oxygens (including phenoxy) is 2. The number of hydrogen-bond acceptors (Lipinski definition) is 4. The van der Waals surface area contributed by atoms with Crippen LogP contribution in [0.4, 0.5) is 8.78 Å². The summed E-state index contributed by atoms with van der Waals surface area (Å²) in [5.74, 6) is -1.22. The molecule has 0 amide bonds. The van der Waals surface area contributed by atoms with E-state index in [0.29, 0.717) is 37.9 Å². The van der Waals surface area contributed by atoms with E-state index in [-0.39, 0.29) is 6.54 Å². The molecule has 0 saturated carbocycles. The molecule has 2 aromatic carbocycles. The zero-order valence-corrected chi connectivity index (χ0v) is 15.7. The van der Waals surface area contributed by atoms with Gasteiger partial charge in [0.25, 0.3) is 0 Å². The molecule has 1 saturated heterocycles. The van der Waals surface area contributed by atoms with Gasteiger partial charge in [-0.3, -0.25) is 0 Å². The molecule has 1 aliphatic heterocycles. The van der Waals surface area contributed by atoms with E-state index in [9.17, 15) is 17.2 Å². The van der Waals surface area contributed by atoms with Gasteiger partial charge in [0.2, 0.25) is 10.0 Å². The number of hydrogen-bond donors (Lipinski definition) is 1. The van der Waals surface area contributed by atoms with Gasteiger partial charge in [0.05, 0.1) is 12.0 Å². The van der Waals surface area contributed by atoms with E-state index >= 15 is 0 Å². The van der Waals surface area contributed by atoms with Crippen molar-refractivity contribution >= 4 is 10.0 Å². The minimum Gasteiger partial charge on any atom is -0.496 e. The largest absolute Gasteiger partial charge is 0.496 e. The highest BCUT2D eigenvalue weighted by Crippen LogP contribution is 2.39. The van der Waals surface area contributed by atoms with Gasteiger partial charge >= 0.3 is 0 Å². The summed E-state index contributed by atoms with van der Waals surface area (Å²) in [6, 6.07) is 9.66. The average molecular weight is 397 g/mol. The molecule has 5 nitrogen and oxygen atoms in total. The van der Waals surface area contributed by atoms with Crippen molar-refractivity contribution in [2.24, 2.45) is 0 Å². The zero-order chi connectivity index (χ0) is 19.5. The number of nitrogens with one attached hydrogen (secondary N) is 1. The van der Waals surface area contributed by atoms with Crippen LogP contribution in [0.1, 0.15) is 18.4 Å². The number of halogens is 2. The third kappa shape index (κ3) is 4.28. The van der Waals surface area contributed by atoms with Crippen molar-refractivity contribution in [2.45, 2.75) is 23.2 Å². The highest BCUT2D eigenvalue weighted by molar-refractivity contribution is 7.89. The summed E-state index contributed by atoms with van der Waals surface area (Å²) in [5, 5.41) is 0. The minimum absolute atomic E-state index is 0.0667. The van der Waals surface area contributed by atoms with Crippen molar-refractivity contribution in [1.82, 2.24) is 4.72 Å². The lowest BCUT2D eigenvalue weighted by Gasteiger charge is -2.38. The molecule has 0 aromatic heterocycles. The Morgan fingerprint density at radius 3 is 2.37 bits per heavy atom. The second-order valence-electron chi connectivity index (χ2n) is 6.52. The predicted octanol–water partition coefficient (Wildman–Crippen LogP) is 3.00. The van der Waals surface area contributed by atoms with Crippen LogP contribution >= 0.6 is 0 Å². The van der Waals surface area contributed by atoms with Crippen LogP contribution in [0.25, 0.3) is 0 Å². The highest BCUT2D eigenvalue weighted by atomic mass is 32.2. The van der Waals surface area contributed by atoms with Crippen molar-refractivity contribution in [3.8, 4) is 5.75 Å². The fraction of sp³-hybridized carbons (Fsp3) is 0.368. The van der Waals surface area contributed by atoms with Crippen LogP contribution in [0.15, 0.2) is 47.4 Å². The summed E-state index contributed by atoms with van der Waals surface area (Å²) < 4.78 is 65.5. The van der Waals surface area contributed by atoms with Gasteiger partial charge in [-0.1, -0.05) is 18.2 Å². The topological polar surface area (TPSA) is 64.6 Å². The van der Waals surface area contributed by atoms with Gasteiger partial charge in [-0.25, -0.2) is 21.9 Å². The molecule has 2 aromatic rings. The Labute approximate surface area is 157 Å². The normalized spacial score (nSPS) is 16.9. The Balaban J connectivity index is 1.91. The first-order valence-corrected chi connectivity index (χ1v) is 10.0. The van der Waals surface area contributed by atoms with Crippen LogP contribution in [-0.2, 0) is 20.2 Å². The van der Waals surface area contributed by atoms with Gasteiger partial charge in [-0.05, 0) is 31.0 Å². The molecule has 1 heterocycles. The Hall–Kier alpha value is -2.03. The van der Waals surface area contributed by atoms with Crippen molar-refractivity contribution in [3.05, 3.63) is 59.7 Å². The van der Waals surface area contributed by atoms with Gasteiger partial charge in [0.1, 0.15) is 17.4 Å². The minimum atomic E-state index is -4.08. The second-order valence-corrected chi connectivity index (χ2v) is 8.29. The first kappa shape index (κ1) is 19.7. The van der Waals surface area contributed by atoms with Crippen molar-refractivity contribution in [1.29, 1.82) is 0 Å². The molecule has 8 heteroatoms. The molecule has 0 aliphatic carbocycles. The Morgan fingerprint density at radius 1 is 1.11 bits per heavy atom. The number of rotatable bonds is 6. The summed E-state index contributed by atoms with van der Waals surface area (Å²) in [6.07, 6.45) is 1.18. The lowest BCUT2D eigenvalue weighted by Crippen LogP contribution is -2.44. The van der Waals surface area contributed by atoms with Crippen molar-refractivity contribution < 1.29 is 26.7 Å². The molecule has 0 spiro atoms. The van der Waals surface area contributed by atoms with E-state index in [1.54, 1.807) is 7.11 Å². The molecule has 1 aliphatic rings. The maximum absolute atomic E-state index is 13.4. The van der Waals surface area contributed by atoms with Crippen LogP contribution in [-0.4, -0.2) is 35.3 Å². The van der Waals surface area contributed by atoms with E-state index in [2.05, 4.69) is 4.72 Å². The maximum atomic E-state index is 13.4. The first-order chi connectivity index (χ1) is 12.9. The van der Waals surface area contributed by atoms with E-state index in [1.807, 2.05) is 24.3 Å². The second kappa shape index (κ2) is 7.92. The number of para-hydroxylation sites is 1. The lowest BCUT2D eigenvalue weighted by molar-refractivity contribution is 0.0509.